The first-order valence-corrected chi connectivity index (χ1v) is 4.65. The molecule has 1 aromatic rings. The summed E-state index contributed by atoms with van der Waals surface area (Å²) in [6.07, 6.45) is 0.691. The Balaban J connectivity index is 2.72. The number of hydrogen-bond acceptors (Lipinski definition) is 3. The first kappa shape index (κ1) is 10.7. The molecule has 0 aliphatic heterocycles. The van der Waals surface area contributed by atoms with Gasteiger partial charge in [0.2, 0.25) is 0 Å². The Morgan fingerprint density at radius 2 is 2.29 bits per heavy atom. The van der Waals surface area contributed by atoms with E-state index in [9.17, 15) is 4.79 Å². The van der Waals surface area contributed by atoms with Crippen molar-refractivity contribution in [3.05, 3.63) is 29.8 Å². The highest BCUT2D eigenvalue weighted by Crippen LogP contribution is 2.09. The number of ketones is 1. The average molecular weight is 192 g/mol. The number of benzene rings is 1. The summed E-state index contributed by atoms with van der Waals surface area (Å²) in [5.74, 6) is 0.148. The molecule has 1 aromatic carbocycles. The van der Waals surface area contributed by atoms with Gasteiger partial charge in [-0.05, 0) is 38.1 Å². The van der Waals surface area contributed by atoms with E-state index in [1.54, 1.807) is 14.0 Å². The van der Waals surface area contributed by atoms with Crippen LogP contribution in [0.5, 0.6) is 0 Å². The lowest BCUT2D eigenvalue weighted by atomic mass is 10.0. The average Bonchev–Trinajstić information content (AvgIpc) is 2.14. The molecule has 1 atom stereocenters. The predicted molar refractivity (Wildman–Crippen MR) is 58.1 cm³/mol. The van der Waals surface area contributed by atoms with E-state index in [4.69, 9.17) is 5.73 Å². The van der Waals surface area contributed by atoms with Gasteiger partial charge in [-0.15, -0.1) is 0 Å². The van der Waals surface area contributed by atoms with Crippen LogP contribution in [-0.4, -0.2) is 18.9 Å². The van der Waals surface area contributed by atoms with E-state index in [-0.39, 0.29) is 11.8 Å². The number of rotatable bonds is 4. The molecule has 0 saturated carbocycles. The van der Waals surface area contributed by atoms with Crippen molar-refractivity contribution in [1.82, 2.24) is 5.32 Å². The molecule has 0 aromatic heterocycles. The van der Waals surface area contributed by atoms with Gasteiger partial charge in [-0.3, -0.25) is 4.79 Å². The zero-order valence-electron chi connectivity index (χ0n) is 8.58. The molecule has 0 aliphatic rings. The van der Waals surface area contributed by atoms with Crippen LogP contribution in [0.4, 0.5) is 5.69 Å². The Hall–Kier alpha value is -1.35. The van der Waals surface area contributed by atoms with Crippen LogP contribution >= 0.6 is 0 Å². The number of carbonyl (C=O) groups excluding carboxylic acids is 1. The van der Waals surface area contributed by atoms with Gasteiger partial charge in [0.25, 0.3) is 0 Å². The fourth-order valence-corrected chi connectivity index (χ4v) is 1.40. The minimum atomic E-state index is -0.114. The lowest BCUT2D eigenvalue weighted by Gasteiger charge is -2.12. The van der Waals surface area contributed by atoms with E-state index in [1.165, 1.54) is 0 Å². The van der Waals surface area contributed by atoms with E-state index in [2.05, 4.69) is 5.32 Å². The predicted octanol–water partition coefficient (Wildman–Crippen LogP) is 0.988. The summed E-state index contributed by atoms with van der Waals surface area (Å²) < 4.78 is 0. The molecule has 0 saturated heterocycles. The third kappa shape index (κ3) is 2.85. The molecule has 0 radical (unpaired) electrons. The summed E-state index contributed by atoms with van der Waals surface area (Å²) in [6, 6.07) is 7.50. The van der Waals surface area contributed by atoms with Crippen molar-refractivity contribution < 1.29 is 4.79 Å². The van der Waals surface area contributed by atoms with E-state index in [0.29, 0.717) is 6.42 Å². The largest absolute Gasteiger partial charge is 0.399 e. The van der Waals surface area contributed by atoms with E-state index in [0.717, 1.165) is 11.3 Å². The number of nitrogen functional groups attached to an aromatic ring is 1. The van der Waals surface area contributed by atoms with Crippen LogP contribution in [0.25, 0.3) is 0 Å². The van der Waals surface area contributed by atoms with Crippen molar-refractivity contribution in [2.75, 3.05) is 12.8 Å². The van der Waals surface area contributed by atoms with Crippen molar-refractivity contribution in [2.24, 2.45) is 0 Å². The number of carbonyl (C=O) groups is 1. The summed E-state index contributed by atoms with van der Waals surface area (Å²) in [7, 11) is 1.79. The fourth-order valence-electron chi connectivity index (χ4n) is 1.40. The molecule has 1 unspecified atom stereocenters. The zero-order valence-corrected chi connectivity index (χ0v) is 8.58. The van der Waals surface area contributed by atoms with Crippen LogP contribution in [-0.2, 0) is 11.2 Å². The Labute approximate surface area is 84.3 Å². The topological polar surface area (TPSA) is 55.1 Å². The highest BCUT2D eigenvalue weighted by molar-refractivity contribution is 5.81. The third-order valence-corrected chi connectivity index (χ3v) is 2.23. The van der Waals surface area contributed by atoms with Gasteiger partial charge in [-0.25, -0.2) is 0 Å². The Morgan fingerprint density at radius 3 is 2.79 bits per heavy atom. The first-order valence-electron chi connectivity index (χ1n) is 4.65. The first-order chi connectivity index (χ1) is 6.63. The van der Waals surface area contributed by atoms with Crippen LogP contribution in [0.1, 0.15) is 12.5 Å². The SMILES string of the molecule is CNC(Cc1cccc(N)c1)C(C)=O. The number of anilines is 1. The minimum Gasteiger partial charge on any atom is -0.399 e. The smallest absolute Gasteiger partial charge is 0.147 e. The molecule has 0 bridgehead atoms. The van der Waals surface area contributed by atoms with Gasteiger partial charge in [0.1, 0.15) is 5.78 Å². The lowest BCUT2D eigenvalue weighted by Crippen LogP contribution is -2.34. The second-order valence-electron chi connectivity index (χ2n) is 3.40. The molecular weight excluding hydrogens is 176 g/mol. The number of nitrogens with two attached hydrogens (primary N) is 1. The number of nitrogens with one attached hydrogen (secondary N) is 1. The van der Waals surface area contributed by atoms with Crippen molar-refractivity contribution in [3.8, 4) is 0 Å². The number of Topliss-reactive ketones (excluding diaryl/α,β-unsaturated/α-hetero) is 1. The van der Waals surface area contributed by atoms with Crippen molar-refractivity contribution in [1.29, 1.82) is 0 Å². The number of hydrogen-bond donors (Lipinski definition) is 2. The van der Waals surface area contributed by atoms with Crippen molar-refractivity contribution in [2.45, 2.75) is 19.4 Å². The van der Waals surface area contributed by atoms with Crippen LogP contribution < -0.4 is 11.1 Å². The van der Waals surface area contributed by atoms with Crippen LogP contribution in [0.15, 0.2) is 24.3 Å². The summed E-state index contributed by atoms with van der Waals surface area (Å²) in [4.78, 5) is 11.2. The minimum absolute atomic E-state index is 0.114. The maximum absolute atomic E-state index is 11.2. The zero-order chi connectivity index (χ0) is 10.6. The van der Waals surface area contributed by atoms with Crippen LogP contribution in [0.3, 0.4) is 0 Å². The maximum atomic E-state index is 11.2. The van der Waals surface area contributed by atoms with Gasteiger partial charge >= 0.3 is 0 Å². The molecule has 14 heavy (non-hydrogen) atoms. The second kappa shape index (κ2) is 4.77. The molecule has 0 spiro atoms. The highest BCUT2D eigenvalue weighted by Gasteiger charge is 2.11. The van der Waals surface area contributed by atoms with E-state index in [1.807, 2.05) is 24.3 Å². The molecule has 76 valence electrons. The van der Waals surface area contributed by atoms with Crippen LogP contribution in [0, 0.1) is 0 Å². The summed E-state index contributed by atoms with van der Waals surface area (Å²) in [6.45, 7) is 1.59. The molecule has 3 N–H and O–H groups in total. The maximum Gasteiger partial charge on any atom is 0.147 e. The van der Waals surface area contributed by atoms with E-state index >= 15 is 0 Å². The van der Waals surface area contributed by atoms with Gasteiger partial charge < -0.3 is 11.1 Å². The Kier molecular flexibility index (Phi) is 3.65. The fraction of sp³-hybridized carbons (Fsp3) is 0.364. The van der Waals surface area contributed by atoms with Gasteiger partial charge in [-0.1, -0.05) is 12.1 Å². The molecule has 3 nitrogen and oxygen atoms in total. The van der Waals surface area contributed by atoms with Gasteiger partial charge in [-0.2, -0.15) is 0 Å². The molecule has 0 amide bonds. The van der Waals surface area contributed by atoms with Crippen LogP contribution in [0.2, 0.25) is 0 Å². The standard InChI is InChI=1S/C11H16N2O/c1-8(14)11(13-2)7-9-4-3-5-10(12)6-9/h3-6,11,13H,7,12H2,1-2H3. The van der Waals surface area contributed by atoms with Gasteiger partial charge in [0.05, 0.1) is 6.04 Å². The normalized spacial score (nSPS) is 12.4. The van der Waals surface area contributed by atoms with Crippen molar-refractivity contribution in [3.63, 3.8) is 0 Å². The quantitative estimate of drug-likeness (QED) is 0.699. The summed E-state index contributed by atoms with van der Waals surface area (Å²) in [5, 5.41) is 2.98. The molecule has 1 rings (SSSR count). The molecule has 0 aliphatic carbocycles. The Bertz CT molecular complexity index is 323. The lowest BCUT2D eigenvalue weighted by molar-refractivity contribution is -0.118. The van der Waals surface area contributed by atoms with Gasteiger partial charge in [0, 0.05) is 5.69 Å². The molecule has 3 heteroatoms. The Morgan fingerprint density at radius 1 is 1.57 bits per heavy atom. The molecule has 0 fully saturated rings. The summed E-state index contributed by atoms with van der Waals surface area (Å²) >= 11 is 0. The summed E-state index contributed by atoms with van der Waals surface area (Å²) in [5.41, 5.74) is 7.47. The third-order valence-electron chi connectivity index (χ3n) is 2.23. The monoisotopic (exact) mass is 192 g/mol. The molecular formula is C11H16N2O. The highest BCUT2D eigenvalue weighted by atomic mass is 16.1. The number of likely N-dealkylation sites (N-methyl/N-ethyl adjacent to an activating group) is 1. The van der Waals surface area contributed by atoms with E-state index < -0.39 is 0 Å². The molecule has 0 heterocycles. The van der Waals surface area contributed by atoms with Crippen molar-refractivity contribution >= 4 is 11.5 Å². The van der Waals surface area contributed by atoms with Gasteiger partial charge in [0.15, 0.2) is 0 Å². The second-order valence-corrected chi connectivity index (χ2v) is 3.40.